The highest BCUT2D eigenvalue weighted by Gasteiger charge is 2.28. The molecule has 3 amide bonds. The molecule has 4 aliphatic carbocycles. The Hall–Kier alpha value is -5.84. The van der Waals surface area contributed by atoms with Gasteiger partial charge in [-0.05, 0) is 146 Å². The SMILES string of the molecule is N#COc1c2c(cc3c1CCC3)CCC2.NC(=O)c1ccc(S(=O)(=O)CC(=O)Nc2c3c(cc4c2CCC4)CCC3)nn1.NC(=O)c1ccc(S(N)(=O)=O)nn1. The number of anilines is 1. The number of carbonyl (C=O) groups excluding carboxylic acids is 3. The minimum absolute atomic E-state index is 0.118. The Morgan fingerprint density at radius 3 is 1.48 bits per heavy atom. The molecule has 0 bridgehead atoms. The number of hydrogen-bond donors (Lipinski definition) is 4. The van der Waals surface area contributed by atoms with E-state index in [4.69, 9.17) is 26.6 Å². The maximum Gasteiger partial charge on any atom is 0.292 e. The fraction of sp³-hybridized carbons (Fsp3) is 0.351. The van der Waals surface area contributed by atoms with E-state index in [0.717, 1.165) is 105 Å². The highest BCUT2D eigenvalue weighted by molar-refractivity contribution is 7.92. The van der Waals surface area contributed by atoms with Crippen LogP contribution in [0.15, 0.2) is 46.5 Å². The van der Waals surface area contributed by atoms with Crippen LogP contribution in [-0.2, 0) is 76.0 Å². The normalized spacial score (nSPS) is 14.7. The summed E-state index contributed by atoms with van der Waals surface area (Å²) < 4.78 is 51.5. The number of nitrogens with two attached hydrogens (primary N) is 3. The molecule has 8 rings (SSSR count). The van der Waals surface area contributed by atoms with Crippen LogP contribution in [0.5, 0.6) is 5.75 Å². The van der Waals surface area contributed by atoms with Crippen LogP contribution in [-0.4, -0.2) is 60.7 Å². The number of amides is 3. The number of hydrogen-bond acceptors (Lipinski definition) is 13. The number of primary sulfonamides is 1. The molecule has 0 saturated heterocycles. The Bertz CT molecular complexity index is 2420. The van der Waals surface area contributed by atoms with Gasteiger partial charge in [-0.3, -0.25) is 14.4 Å². The third-order valence-electron chi connectivity index (χ3n) is 10.0. The van der Waals surface area contributed by atoms with Gasteiger partial charge in [0.25, 0.3) is 28.1 Å². The van der Waals surface area contributed by atoms with Crippen LogP contribution in [0.3, 0.4) is 0 Å². The van der Waals surface area contributed by atoms with Gasteiger partial charge in [0.1, 0.15) is 11.5 Å². The number of rotatable bonds is 8. The number of aryl methyl sites for hydroxylation is 4. The van der Waals surface area contributed by atoms with Crippen molar-refractivity contribution in [1.82, 2.24) is 20.4 Å². The van der Waals surface area contributed by atoms with Crippen LogP contribution in [0.25, 0.3) is 0 Å². The molecule has 2 aromatic carbocycles. The Kier molecular flexibility index (Phi) is 11.7. The van der Waals surface area contributed by atoms with Gasteiger partial charge in [-0.15, -0.1) is 25.7 Å². The van der Waals surface area contributed by atoms with E-state index in [0.29, 0.717) is 0 Å². The molecule has 0 aliphatic heterocycles. The summed E-state index contributed by atoms with van der Waals surface area (Å²) in [5, 5.41) is 29.0. The molecule has 4 aliphatic rings. The predicted octanol–water partition coefficient (Wildman–Crippen LogP) is 1.71. The molecular weight excluding hydrogens is 763 g/mol. The molecule has 17 nitrogen and oxygen atoms in total. The zero-order valence-corrected chi connectivity index (χ0v) is 31.8. The third kappa shape index (κ3) is 8.83. The van der Waals surface area contributed by atoms with Crippen LogP contribution in [0.2, 0.25) is 0 Å². The van der Waals surface area contributed by atoms with E-state index in [1.165, 1.54) is 52.3 Å². The number of ether oxygens (including phenoxy) is 1. The second-order valence-corrected chi connectivity index (χ2v) is 17.2. The van der Waals surface area contributed by atoms with Gasteiger partial charge in [-0.25, -0.2) is 22.0 Å². The van der Waals surface area contributed by atoms with Gasteiger partial charge in [0, 0.05) is 5.69 Å². The molecule has 0 saturated carbocycles. The molecule has 7 N–H and O–H groups in total. The van der Waals surface area contributed by atoms with Crippen molar-refractivity contribution in [2.24, 2.45) is 16.6 Å². The molecule has 0 fully saturated rings. The first kappa shape index (κ1) is 39.8. The molecule has 2 aromatic heterocycles. The molecule has 292 valence electrons. The molecule has 19 heteroatoms. The Morgan fingerprint density at radius 2 is 1.09 bits per heavy atom. The first-order valence-electron chi connectivity index (χ1n) is 17.9. The molecule has 0 unspecified atom stereocenters. The number of aromatic nitrogens is 4. The maximum atomic E-state index is 12.6. The summed E-state index contributed by atoms with van der Waals surface area (Å²) in [5.41, 5.74) is 20.7. The first-order chi connectivity index (χ1) is 26.7. The van der Waals surface area contributed by atoms with Gasteiger partial charge in [0.05, 0.1) is 0 Å². The topological polar surface area (TPSA) is 294 Å². The van der Waals surface area contributed by atoms with Gasteiger partial charge in [0.2, 0.25) is 15.7 Å². The predicted molar refractivity (Wildman–Crippen MR) is 200 cm³/mol. The van der Waals surface area contributed by atoms with Gasteiger partial charge in [0.15, 0.2) is 21.4 Å². The first-order valence-corrected chi connectivity index (χ1v) is 21.1. The van der Waals surface area contributed by atoms with Crippen molar-refractivity contribution in [3.05, 3.63) is 92.3 Å². The highest BCUT2D eigenvalue weighted by atomic mass is 32.2. The lowest BCUT2D eigenvalue weighted by Gasteiger charge is -2.16. The zero-order valence-electron chi connectivity index (χ0n) is 30.2. The number of primary amides is 2. The van der Waals surface area contributed by atoms with Crippen LogP contribution >= 0.6 is 0 Å². The molecule has 0 spiro atoms. The van der Waals surface area contributed by atoms with Gasteiger partial charge in [-0.1, -0.05) is 12.1 Å². The van der Waals surface area contributed by atoms with Crippen LogP contribution in [0, 0.1) is 11.5 Å². The summed E-state index contributed by atoms with van der Waals surface area (Å²) in [6.45, 7) is 0. The molecule has 0 radical (unpaired) electrons. The summed E-state index contributed by atoms with van der Waals surface area (Å²) in [6, 6.07) is 9.09. The van der Waals surface area contributed by atoms with Crippen molar-refractivity contribution in [2.45, 2.75) is 87.1 Å². The number of nitrogens with zero attached hydrogens (tertiary/aromatic N) is 5. The van der Waals surface area contributed by atoms with E-state index in [9.17, 15) is 31.2 Å². The quantitative estimate of drug-likeness (QED) is 0.185. The van der Waals surface area contributed by atoms with E-state index in [-0.39, 0.29) is 16.4 Å². The third-order valence-corrected chi connectivity index (χ3v) is 12.3. The maximum absolute atomic E-state index is 12.6. The smallest absolute Gasteiger partial charge is 0.292 e. The number of sulfone groups is 1. The molecule has 56 heavy (non-hydrogen) atoms. The van der Waals surface area contributed by atoms with Gasteiger partial charge >= 0.3 is 0 Å². The van der Waals surface area contributed by atoms with Crippen molar-refractivity contribution in [1.29, 1.82) is 5.26 Å². The highest BCUT2D eigenvalue weighted by Crippen LogP contribution is 2.40. The van der Waals surface area contributed by atoms with E-state index >= 15 is 0 Å². The number of carbonyl (C=O) groups is 3. The van der Waals surface area contributed by atoms with E-state index in [1.54, 1.807) is 0 Å². The lowest BCUT2D eigenvalue weighted by Crippen LogP contribution is -2.25. The van der Waals surface area contributed by atoms with Crippen molar-refractivity contribution in [3.63, 3.8) is 0 Å². The minimum atomic E-state index is -3.99. The van der Waals surface area contributed by atoms with Crippen LogP contribution in [0.1, 0.15) is 91.2 Å². The monoisotopic (exact) mass is 801 g/mol. The van der Waals surface area contributed by atoms with Crippen molar-refractivity contribution in [2.75, 3.05) is 11.1 Å². The average molecular weight is 802 g/mol. The van der Waals surface area contributed by atoms with E-state index < -0.39 is 48.4 Å². The number of nitrogens with one attached hydrogen (secondary N) is 1. The van der Waals surface area contributed by atoms with Gasteiger partial charge < -0.3 is 21.5 Å². The van der Waals surface area contributed by atoms with Crippen molar-refractivity contribution < 1.29 is 36.0 Å². The summed E-state index contributed by atoms with van der Waals surface area (Å²) in [7, 11) is -7.86. The molecular formula is C37H39N9O8S2. The van der Waals surface area contributed by atoms with Crippen LogP contribution in [0.4, 0.5) is 5.69 Å². The molecule has 0 atom stereocenters. The fourth-order valence-electron chi connectivity index (χ4n) is 7.54. The Morgan fingerprint density at radius 1 is 0.661 bits per heavy atom. The lowest BCUT2D eigenvalue weighted by atomic mass is 9.98. The Labute approximate surface area is 323 Å². The fourth-order valence-corrected chi connectivity index (χ4v) is 8.96. The standard InChI is InChI=1S/C19H20N4O4S.C13H13NO.C5H6N4O3S/c20-19(25)15-7-8-17(23-22-15)28(26,27)10-16(24)21-18-13-5-1-3-11(13)9-12-4-2-6-14(12)18;14-8-15-13-11-5-1-3-9(11)7-10-4-2-6-12(10)13;6-5(10)3-1-2-4(9-8-3)13(7,11)12/h7-9H,1-6,10H2,(H2,20,25)(H,21,24);7H,1-6H2;1-2H,(H2,6,10)(H2,7,11,12). The number of sulfonamides is 1. The van der Waals surface area contributed by atoms with Gasteiger partial charge in [-0.2, -0.15) is 0 Å². The second-order valence-electron chi connectivity index (χ2n) is 13.7. The summed E-state index contributed by atoms with van der Waals surface area (Å²) in [5.74, 6) is -2.03. The van der Waals surface area contributed by atoms with Crippen molar-refractivity contribution >= 4 is 43.3 Å². The minimum Gasteiger partial charge on any atom is -0.387 e. The largest absolute Gasteiger partial charge is 0.387 e. The number of fused-ring (bicyclic) bond motifs is 4. The number of nitriles is 1. The van der Waals surface area contributed by atoms with Crippen LogP contribution < -0.4 is 26.7 Å². The molecule has 2 heterocycles. The summed E-state index contributed by atoms with van der Waals surface area (Å²) in [4.78, 5) is 34.1. The van der Waals surface area contributed by atoms with E-state index in [1.807, 2.05) is 6.26 Å². The molecule has 4 aromatic rings. The van der Waals surface area contributed by atoms with Crippen molar-refractivity contribution in [3.8, 4) is 12.0 Å². The van der Waals surface area contributed by atoms with E-state index in [2.05, 4.69) is 37.8 Å². The summed E-state index contributed by atoms with van der Waals surface area (Å²) in [6.07, 6.45) is 14.6. The zero-order chi connectivity index (χ0) is 40.2. The lowest BCUT2D eigenvalue weighted by molar-refractivity contribution is -0.113. The average Bonchev–Trinajstić information content (AvgIpc) is 3.99. The number of benzene rings is 2. The second kappa shape index (κ2) is 16.5. The summed E-state index contributed by atoms with van der Waals surface area (Å²) >= 11 is 0. The Balaban J connectivity index is 0.000000159.